The summed E-state index contributed by atoms with van der Waals surface area (Å²) in [4.78, 5) is 41.2. The van der Waals surface area contributed by atoms with Crippen LogP contribution in [-0.4, -0.2) is 24.1 Å². The van der Waals surface area contributed by atoms with Crippen LogP contribution in [0.2, 0.25) is 5.02 Å². The maximum Gasteiger partial charge on any atom is 0.335 e. The van der Waals surface area contributed by atoms with Crippen molar-refractivity contribution in [3.63, 3.8) is 0 Å². The number of hydrogen-bond acceptors (Lipinski definition) is 4. The first kappa shape index (κ1) is 17.7. The van der Waals surface area contributed by atoms with E-state index in [1.165, 1.54) is 24.3 Å². The van der Waals surface area contributed by atoms with E-state index in [1.807, 2.05) is 5.32 Å². The quantitative estimate of drug-likeness (QED) is 0.659. The van der Waals surface area contributed by atoms with Gasteiger partial charge in [0.1, 0.15) is 11.6 Å². The number of nitrogens with one attached hydrogen (secondary N) is 1. The van der Waals surface area contributed by atoms with Crippen LogP contribution in [0.5, 0.6) is 0 Å². The van der Waals surface area contributed by atoms with Gasteiger partial charge in [0.2, 0.25) is 5.91 Å². The Morgan fingerprint density at radius 1 is 1.08 bits per heavy atom. The second kappa shape index (κ2) is 7.01. The first-order valence-corrected chi connectivity index (χ1v) is 7.68. The van der Waals surface area contributed by atoms with Gasteiger partial charge in [-0.15, -0.1) is 0 Å². The number of halogens is 3. The van der Waals surface area contributed by atoms with Gasteiger partial charge >= 0.3 is 6.03 Å². The highest BCUT2D eigenvalue weighted by Crippen LogP contribution is 2.23. The largest absolute Gasteiger partial charge is 0.335 e. The molecule has 0 unspecified atom stereocenters. The molecule has 2 aromatic carbocycles. The Hall–Kier alpha value is -3.13. The van der Waals surface area contributed by atoms with Crippen LogP contribution in [0.4, 0.5) is 25.0 Å². The minimum Gasteiger partial charge on any atom is -0.276 e. The van der Waals surface area contributed by atoms with Crippen molar-refractivity contribution in [2.45, 2.75) is 0 Å². The number of rotatable bonds is 3. The van der Waals surface area contributed by atoms with Crippen LogP contribution in [0.3, 0.4) is 0 Å². The molecule has 1 saturated heterocycles. The highest BCUT2D eigenvalue weighted by atomic mass is 35.5. The predicted octanol–water partition coefficient (Wildman–Crippen LogP) is 3.22. The Morgan fingerprint density at radius 2 is 1.77 bits per heavy atom. The van der Waals surface area contributed by atoms with Gasteiger partial charge in [-0.25, -0.2) is 18.5 Å². The van der Waals surface area contributed by atoms with Crippen LogP contribution < -0.4 is 10.2 Å². The van der Waals surface area contributed by atoms with Crippen molar-refractivity contribution >= 4 is 47.0 Å². The molecule has 4 amide bonds. The van der Waals surface area contributed by atoms with Gasteiger partial charge in [-0.3, -0.25) is 19.9 Å². The Morgan fingerprint density at radius 3 is 2.42 bits per heavy atom. The first-order chi connectivity index (χ1) is 12.4. The summed E-state index contributed by atoms with van der Waals surface area (Å²) in [5, 5.41) is 1.87. The third-order valence-electron chi connectivity index (χ3n) is 3.56. The van der Waals surface area contributed by atoms with Crippen molar-refractivity contribution < 1.29 is 23.2 Å². The Bertz CT molecular complexity index is 931. The van der Waals surface area contributed by atoms with Crippen LogP contribution in [0.25, 0.3) is 0 Å². The van der Waals surface area contributed by atoms with E-state index >= 15 is 0 Å². The van der Waals surface area contributed by atoms with Gasteiger partial charge in [-0.2, -0.15) is 0 Å². The topological polar surface area (TPSA) is 78.8 Å². The summed E-state index contributed by atoms with van der Waals surface area (Å²) in [5.74, 6) is -4.26. The molecule has 2 aromatic rings. The number of benzene rings is 2. The monoisotopic (exact) mass is 377 g/mol. The lowest BCUT2D eigenvalue weighted by Crippen LogP contribution is -2.58. The van der Waals surface area contributed by atoms with Crippen molar-refractivity contribution in [2.75, 3.05) is 4.90 Å². The predicted molar refractivity (Wildman–Crippen MR) is 90.5 cm³/mol. The van der Waals surface area contributed by atoms with E-state index in [2.05, 4.69) is 4.99 Å². The van der Waals surface area contributed by atoms with Crippen LogP contribution in [0, 0.1) is 17.6 Å². The fourth-order valence-corrected chi connectivity index (χ4v) is 2.46. The number of hydrogen-bond donors (Lipinski definition) is 1. The van der Waals surface area contributed by atoms with Gasteiger partial charge in [-0.1, -0.05) is 11.6 Å². The molecule has 1 fully saturated rings. The summed E-state index contributed by atoms with van der Waals surface area (Å²) in [6.45, 7) is 0. The van der Waals surface area contributed by atoms with Crippen LogP contribution >= 0.6 is 11.6 Å². The van der Waals surface area contributed by atoms with Crippen molar-refractivity contribution in [3.05, 3.63) is 59.1 Å². The van der Waals surface area contributed by atoms with Crippen molar-refractivity contribution in [2.24, 2.45) is 10.9 Å². The van der Waals surface area contributed by atoms with E-state index in [1.54, 1.807) is 0 Å². The van der Waals surface area contributed by atoms with E-state index in [0.717, 1.165) is 29.3 Å². The molecule has 0 aliphatic carbocycles. The Kier molecular flexibility index (Phi) is 4.77. The second-order valence-electron chi connectivity index (χ2n) is 5.30. The van der Waals surface area contributed by atoms with Gasteiger partial charge in [0.05, 0.1) is 16.4 Å². The Balaban J connectivity index is 1.88. The molecule has 26 heavy (non-hydrogen) atoms. The highest BCUT2D eigenvalue weighted by molar-refractivity contribution is 6.33. The summed E-state index contributed by atoms with van der Waals surface area (Å²) >= 11 is 5.65. The summed E-state index contributed by atoms with van der Waals surface area (Å²) < 4.78 is 26.2. The van der Waals surface area contributed by atoms with Gasteiger partial charge < -0.3 is 0 Å². The highest BCUT2D eigenvalue weighted by Gasteiger charge is 2.40. The van der Waals surface area contributed by atoms with Crippen molar-refractivity contribution in [1.82, 2.24) is 5.32 Å². The molecule has 1 heterocycles. The van der Waals surface area contributed by atoms with Crippen molar-refractivity contribution in [1.29, 1.82) is 0 Å². The van der Waals surface area contributed by atoms with E-state index in [4.69, 9.17) is 11.6 Å². The van der Waals surface area contributed by atoms with Gasteiger partial charge in [-0.05, 0) is 42.5 Å². The smallest absolute Gasteiger partial charge is 0.276 e. The molecule has 0 bridgehead atoms. The number of amides is 4. The maximum atomic E-state index is 13.2. The molecule has 9 heteroatoms. The van der Waals surface area contributed by atoms with E-state index in [0.29, 0.717) is 0 Å². The minimum atomic E-state index is -1.39. The van der Waals surface area contributed by atoms with Crippen LogP contribution in [0.1, 0.15) is 0 Å². The lowest BCUT2D eigenvalue weighted by Gasteiger charge is -2.28. The average molecular weight is 378 g/mol. The standard InChI is InChI=1S/C17H10ClF2N3O3/c18-13-7-10(3-6-14(13)20)21-8-12-15(24)22-17(26)23(16(12)25)11-4-1-9(19)2-5-11/h1-8,12H,(H,22,24,26)/t12-/m1/s1. The molecule has 1 aliphatic heterocycles. The lowest BCUT2D eigenvalue weighted by atomic mass is 10.1. The van der Waals surface area contributed by atoms with E-state index < -0.39 is 35.4 Å². The molecule has 1 aliphatic rings. The van der Waals surface area contributed by atoms with Crippen LogP contribution in [-0.2, 0) is 9.59 Å². The van der Waals surface area contributed by atoms with E-state index in [9.17, 15) is 23.2 Å². The molecule has 0 aromatic heterocycles. The third kappa shape index (κ3) is 3.45. The molecular weight excluding hydrogens is 368 g/mol. The molecule has 0 spiro atoms. The maximum absolute atomic E-state index is 13.2. The van der Waals surface area contributed by atoms with Gasteiger partial charge in [0, 0.05) is 6.21 Å². The Labute approximate surface area is 151 Å². The molecule has 1 atom stereocenters. The zero-order valence-electron chi connectivity index (χ0n) is 12.9. The normalized spacial score (nSPS) is 17.7. The number of urea groups is 1. The van der Waals surface area contributed by atoms with Crippen molar-refractivity contribution in [3.8, 4) is 0 Å². The van der Waals surface area contributed by atoms with Gasteiger partial charge in [0.15, 0.2) is 5.92 Å². The SMILES string of the molecule is O=C1NC(=O)N(c2ccc(F)cc2)C(=O)[C@@H]1C=Nc1ccc(F)c(Cl)c1. The molecule has 0 saturated carbocycles. The number of barbiturate groups is 1. The number of imide groups is 2. The number of nitrogens with zero attached hydrogens (tertiary/aromatic N) is 2. The number of carbonyl (C=O) groups is 3. The zero-order chi connectivity index (χ0) is 18.8. The fraction of sp³-hybridized carbons (Fsp3) is 0.0588. The zero-order valence-corrected chi connectivity index (χ0v) is 13.7. The number of aliphatic imine (C=N–C) groups is 1. The summed E-state index contributed by atoms with van der Waals surface area (Å²) in [6, 6.07) is 7.30. The van der Waals surface area contributed by atoms with E-state index in [-0.39, 0.29) is 16.4 Å². The molecule has 132 valence electrons. The first-order valence-electron chi connectivity index (χ1n) is 7.30. The average Bonchev–Trinajstić information content (AvgIpc) is 2.59. The fourth-order valence-electron chi connectivity index (χ4n) is 2.28. The van der Waals surface area contributed by atoms with Gasteiger partial charge in [0.25, 0.3) is 5.91 Å². The molecular formula is C17H10ClF2N3O3. The minimum absolute atomic E-state index is 0.102. The molecule has 0 radical (unpaired) electrons. The third-order valence-corrected chi connectivity index (χ3v) is 3.85. The summed E-state index contributed by atoms with van der Waals surface area (Å²) in [7, 11) is 0. The summed E-state index contributed by atoms with van der Waals surface area (Å²) in [5.41, 5.74) is 0.326. The number of anilines is 1. The summed E-state index contributed by atoms with van der Waals surface area (Å²) in [6.07, 6.45) is 1.03. The lowest BCUT2D eigenvalue weighted by molar-refractivity contribution is -0.131. The molecule has 3 rings (SSSR count). The van der Waals surface area contributed by atoms with Crippen LogP contribution in [0.15, 0.2) is 47.5 Å². The molecule has 6 nitrogen and oxygen atoms in total. The molecule has 1 N–H and O–H groups in total. The number of carbonyl (C=O) groups excluding carboxylic acids is 3. The second-order valence-corrected chi connectivity index (χ2v) is 5.71.